The third kappa shape index (κ3) is 3.75. The number of thiocarbonyl (C=S) groups is 1. The normalized spacial score (nSPS) is 16.7. The molecule has 0 spiro atoms. The summed E-state index contributed by atoms with van der Waals surface area (Å²) in [5, 5.41) is 8.44. The third-order valence-corrected chi connectivity index (χ3v) is 5.94. The fourth-order valence-corrected chi connectivity index (χ4v) is 4.17. The van der Waals surface area contributed by atoms with Crippen molar-refractivity contribution >= 4 is 22.9 Å². The van der Waals surface area contributed by atoms with Gasteiger partial charge in [0.25, 0.3) is 5.89 Å². The Morgan fingerprint density at radius 2 is 1.73 bits per heavy atom. The van der Waals surface area contributed by atoms with E-state index in [4.69, 9.17) is 21.7 Å². The van der Waals surface area contributed by atoms with E-state index in [-0.39, 0.29) is 6.04 Å². The van der Waals surface area contributed by atoms with Crippen molar-refractivity contribution in [3.63, 3.8) is 0 Å². The lowest BCUT2D eigenvalue weighted by Gasteiger charge is -2.36. The summed E-state index contributed by atoms with van der Waals surface area (Å²) in [6.07, 6.45) is 1.01. The van der Waals surface area contributed by atoms with E-state index >= 15 is 0 Å². The van der Waals surface area contributed by atoms with Gasteiger partial charge in [0.05, 0.1) is 11.6 Å². The summed E-state index contributed by atoms with van der Waals surface area (Å²) in [6, 6.07) is 16.6. The first-order valence-electron chi connectivity index (χ1n) is 10.3. The number of aryl methyl sites for hydroxylation is 2. The number of allylic oxidation sites excluding steroid dienone is 1. The highest BCUT2D eigenvalue weighted by Crippen LogP contribution is 2.37. The Kier molecular flexibility index (Phi) is 5.68. The molecule has 0 amide bonds. The van der Waals surface area contributed by atoms with Crippen molar-refractivity contribution in [1.82, 2.24) is 20.4 Å². The van der Waals surface area contributed by atoms with Crippen LogP contribution < -0.4 is 5.32 Å². The first-order valence-corrected chi connectivity index (χ1v) is 10.7. The van der Waals surface area contributed by atoms with E-state index in [0.29, 0.717) is 16.8 Å². The zero-order chi connectivity index (χ0) is 21.3. The van der Waals surface area contributed by atoms with Gasteiger partial charge < -0.3 is 14.7 Å². The Balaban J connectivity index is 1.79. The number of rotatable bonds is 5. The fraction of sp³-hybridized carbons (Fsp3) is 0.292. The second kappa shape index (κ2) is 8.40. The zero-order valence-electron chi connectivity index (χ0n) is 17.8. The minimum atomic E-state index is -0.141. The van der Waals surface area contributed by atoms with Gasteiger partial charge in [-0.15, -0.1) is 0 Å². The number of nitrogens with zero attached hydrogens (tertiary/aromatic N) is 3. The summed E-state index contributed by atoms with van der Waals surface area (Å²) >= 11 is 5.64. The molecule has 2 heterocycles. The van der Waals surface area contributed by atoms with Gasteiger partial charge >= 0.3 is 0 Å². The molecule has 1 N–H and O–H groups in total. The van der Waals surface area contributed by atoms with E-state index in [1.165, 1.54) is 11.1 Å². The van der Waals surface area contributed by atoms with Crippen molar-refractivity contribution in [1.29, 1.82) is 0 Å². The molecule has 1 aromatic heterocycles. The van der Waals surface area contributed by atoms with Crippen molar-refractivity contribution in [3.05, 3.63) is 76.8 Å². The molecule has 0 fully saturated rings. The van der Waals surface area contributed by atoms with Crippen LogP contribution in [0.15, 0.2) is 58.8 Å². The maximum Gasteiger partial charge on any atom is 0.258 e. The second-order valence-corrected chi connectivity index (χ2v) is 7.90. The topological polar surface area (TPSA) is 54.2 Å². The number of aromatic nitrogens is 2. The summed E-state index contributed by atoms with van der Waals surface area (Å²) in [7, 11) is 0. The molecule has 1 aliphatic heterocycles. The van der Waals surface area contributed by atoms with Gasteiger partial charge in [-0.25, -0.2) is 0 Å². The molecule has 2 aromatic carbocycles. The van der Waals surface area contributed by atoms with Crippen LogP contribution in [0.25, 0.3) is 17.0 Å². The van der Waals surface area contributed by atoms with Crippen molar-refractivity contribution in [2.24, 2.45) is 0 Å². The highest BCUT2D eigenvalue weighted by Gasteiger charge is 2.33. The van der Waals surface area contributed by atoms with Gasteiger partial charge in [-0.2, -0.15) is 4.98 Å². The van der Waals surface area contributed by atoms with Crippen LogP contribution in [0.2, 0.25) is 0 Å². The standard InChI is InChI=1S/C24H26N4OS/c1-5-17-9-13-18(14-10-17)21-20(16(4)28(6-2)24(30)25-21)23-26-22(27-29-23)19-11-7-15(3)8-12-19/h7-14,21H,5-6H2,1-4H3,(H,25,30). The van der Waals surface area contributed by atoms with Gasteiger partial charge in [0.2, 0.25) is 5.82 Å². The number of nitrogens with one attached hydrogen (secondary N) is 1. The quantitative estimate of drug-likeness (QED) is 0.568. The van der Waals surface area contributed by atoms with Crippen LogP contribution >= 0.6 is 12.2 Å². The van der Waals surface area contributed by atoms with Crippen LogP contribution in [0.4, 0.5) is 0 Å². The Morgan fingerprint density at radius 3 is 2.37 bits per heavy atom. The lowest BCUT2D eigenvalue weighted by atomic mass is 9.94. The van der Waals surface area contributed by atoms with Crippen LogP contribution in [0, 0.1) is 6.92 Å². The Bertz CT molecular complexity index is 1080. The molecule has 3 aromatic rings. The van der Waals surface area contributed by atoms with Gasteiger partial charge in [-0.3, -0.25) is 0 Å². The minimum absolute atomic E-state index is 0.141. The fourth-order valence-electron chi connectivity index (χ4n) is 3.79. The highest BCUT2D eigenvalue weighted by molar-refractivity contribution is 7.80. The molecule has 0 saturated heterocycles. The van der Waals surface area contributed by atoms with Crippen molar-refractivity contribution < 1.29 is 4.52 Å². The minimum Gasteiger partial charge on any atom is -0.351 e. The lowest BCUT2D eigenvalue weighted by molar-refractivity contribution is 0.398. The smallest absolute Gasteiger partial charge is 0.258 e. The van der Waals surface area contributed by atoms with E-state index in [2.05, 4.69) is 67.3 Å². The maximum atomic E-state index is 5.75. The summed E-state index contributed by atoms with van der Waals surface area (Å²) in [5.41, 5.74) is 6.54. The second-order valence-electron chi connectivity index (χ2n) is 7.51. The molecular formula is C24H26N4OS. The first kappa shape index (κ1) is 20.3. The molecule has 5 nitrogen and oxygen atoms in total. The van der Waals surface area contributed by atoms with Crippen molar-refractivity contribution in [3.8, 4) is 11.4 Å². The van der Waals surface area contributed by atoms with E-state index in [1.807, 2.05) is 24.3 Å². The van der Waals surface area contributed by atoms with Crippen LogP contribution in [0.5, 0.6) is 0 Å². The monoisotopic (exact) mass is 418 g/mol. The lowest BCUT2D eigenvalue weighted by Crippen LogP contribution is -2.45. The highest BCUT2D eigenvalue weighted by atomic mass is 32.1. The largest absolute Gasteiger partial charge is 0.351 e. The average Bonchev–Trinajstić information content (AvgIpc) is 3.24. The molecule has 30 heavy (non-hydrogen) atoms. The molecule has 0 saturated carbocycles. The summed E-state index contributed by atoms with van der Waals surface area (Å²) in [5.74, 6) is 1.10. The average molecular weight is 419 g/mol. The van der Waals surface area contributed by atoms with E-state index in [0.717, 1.165) is 35.4 Å². The molecule has 0 bridgehead atoms. The van der Waals surface area contributed by atoms with Gasteiger partial charge in [0.1, 0.15) is 0 Å². The van der Waals surface area contributed by atoms with E-state index in [1.54, 1.807) is 0 Å². The molecule has 0 radical (unpaired) electrons. The predicted octanol–water partition coefficient (Wildman–Crippen LogP) is 5.29. The van der Waals surface area contributed by atoms with E-state index < -0.39 is 0 Å². The SMILES string of the molecule is CCc1ccc(C2NC(=S)N(CC)C(C)=C2c2nc(-c3ccc(C)cc3)no2)cc1. The van der Waals surface area contributed by atoms with Gasteiger partial charge in [0, 0.05) is 17.8 Å². The predicted molar refractivity (Wildman–Crippen MR) is 124 cm³/mol. The third-order valence-electron chi connectivity index (χ3n) is 5.60. The van der Waals surface area contributed by atoms with Crippen molar-refractivity contribution in [2.45, 2.75) is 40.2 Å². The van der Waals surface area contributed by atoms with Crippen molar-refractivity contribution in [2.75, 3.05) is 6.54 Å². The first-order chi connectivity index (χ1) is 14.5. The molecule has 0 aliphatic carbocycles. The Hall–Kier alpha value is -2.99. The zero-order valence-corrected chi connectivity index (χ0v) is 18.6. The molecule has 6 heteroatoms. The Morgan fingerprint density at radius 1 is 1.03 bits per heavy atom. The molecular weight excluding hydrogens is 392 g/mol. The Labute approximate surface area is 182 Å². The molecule has 1 unspecified atom stereocenters. The number of benzene rings is 2. The van der Waals surface area contributed by atoms with Gasteiger partial charge in [-0.1, -0.05) is 66.2 Å². The molecule has 4 rings (SSSR count). The van der Waals surface area contributed by atoms with Crippen LogP contribution in [-0.2, 0) is 6.42 Å². The van der Waals surface area contributed by atoms with Crippen LogP contribution in [0.1, 0.15) is 49.4 Å². The summed E-state index contributed by atoms with van der Waals surface area (Å²) in [6.45, 7) is 9.13. The molecule has 1 atom stereocenters. The molecule has 154 valence electrons. The van der Waals surface area contributed by atoms with E-state index in [9.17, 15) is 0 Å². The summed E-state index contributed by atoms with van der Waals surface area (Å²) in [4.78, 5) is 6.81. The summed E-state index contributed by atoms with van der Waals surface area (Å²) < 4.78 is 5.75. The number of hydrogen-bond donors (Lipinski definition) is 1. The van der Waals surface area contributed by atoms with Gasteiger partial charge in [-0.05, 0) is 50.5 Å². The molecule has 1 aliphatic rings. The van der Waals surface area contributed by atoms with Crippen LogP contribution in [0.3, 0.4) is 0 Å². The van der Waals surface area contributed by atoms with Crippen LogP contribution in [-0.4, -0.2) is 26.7 Å². The number of hydrogen-bond acceptors (Lipinski definition) is 4. The van der Waals surface area contributed by atoms with Gasteiger partial charge in [0.15, 0.2) is 5.11 Å². The maximum absolute atomic E-state index is 5.75.